The summed E-state index contributed by atoms with van der Waals surface area (Å²) in [5.74, 6) is 0. The molecule has 0 heterocycles. The number of carbonyl (C=O) groups excluding carboxylic acids is 1. The lowest BCUT2D eigenvalue weighted by molar-refractivity contribution is 0.168. The van der Waals surface area contributed by atoms with Gasteiger partial charge in [0.25, 0.3) is 0 Å². The van der Waals surface area contributed by atoms with Crippen LogP contribution in [0.15, 0.2) is 24.3 Å². The van der Waals surface area contributed by atoms with Crippen LogP contribution in [0.4, 0.5) is 16.2 Å². The summed E-state index contributed by atoms with van der Waals surface area (Å²) in [6.45, 7) is 2.18. The van der Waals surface area contributed by atoms with Gasteiger partial charge in [0.1, 0.15) is 0 Å². The number of amides is 1. The lowest BCUT2D eigenvalue weighted by Gasteiger charge is -2.22. The summed E-state index contributed by atoms with van der Waals surface area (Å²) in [5, 5.41) is 6.31. The number of rotatable bonds is 4. The number of ether oxygens (including phenoxy) is 1. The van der Waals surface area contributed by atoms with Crippen molar-refractivity contribution in [3.63, 3.8) is 0 Å². The zero-order valence-corrected chi connectivity index (χ0v) is 12.9. The number of benzene rings is 1. The van der Waals surface area contributed by atoms with Crippen LogP contribution in [0.2, 0.25) is 0 Å². The van der Waals surface area contributed by atoms with Crippen molar-refractivity contribution < 1.29 is 9.53 Å². The fraction of sp³-hybridized carbons (Fsp3) is 0.588. The second-order valence-corrected chi connectivity index (χ2v) is 5.61. The van der Waals surface area contributed by atoms with E-state index < -0.39 is 6.09 Å². The smallest absolute Gasteiger partial charge is 0.411 e. The van der Waals surface area contributed by atoms with E-state index in [0.717, 1.165) is 11.4 Å². The van der Waals surface area contributed by atoms with Gasteiger partial charge < -0.3 is 10.1 Å². The molecule has 4 heteroatoms. The Morgan fingerprint density at radius 1 is 1.05 bits per heavy atom. The first-order chi connectivity index (χ1) is 10.3. The Bertz CT molecular complexity index is 423. The Morgan fingerprint density at radius 2 is 1.62 bits per heavy atom. The van der Waals surface area contributed by atoms with Crippen LogP contribution in [-0.4, -0.2) is 18.7 Å². The van der Waals surface area contributed by atoms with E-state index >= 15 is 0 Å². The van der Waals surface area contributed by atoms with Crippen molar-refractivity contribution in [3.8, 4) is 0 Å². The average Bonchev–Trinajstić information content (AvgIpc) is 2.44. The van der Waals surface area contributed by atoms with Gasteiger partial charge in [-0.25, -0.2) is 4.79 Å². The highest BCUT2D eigenvalue weighted by molar-refractivity contribution is 5.84. The number of hydrogen-bond acceptors (Lipinski definition) is 3. The van der Waals surface area contributed by atoms with Gasteiger partial charge in [-0.1, -0.05) is 32.1 Å². The van der Waals surface area contributed by atoms with Gasteiger partial charge in [0.15, 0.2) is 0 Å². The molecule has 2 N–H and O–H groups in total. The molecule has 4 nitrogen and oxygen atoms in total. The highest BCUT2D eigenvalue weighted by atomic mass is 16.5. The first-order valence-corrected chi connectivity index (χ1v) is 8.08. The number of hydrogen-bond donors (Lipinski definition) is 2. The summed E-state index contributed by atoms with van der Waals surface area (Å²) < 4.78 is 4.86. The fourth-order valence-electron chi connectivity index (χ4n) is 2.77. The molecule has 1 fully saturated rings. The van der Waals surface area contributed by atoms with Gasteiger partial charge in [-0.05, 0) is 44.0 Å². The molecule has 0 spiro atoms. The van der Waals surface area contributed by atoms with Crippen LogP contribution in [0.1, 0.15) is 51.9 Å². The van der Waals surface area contributed by atoms with Gasteiger partial charge in [0, 0.05) is 17.4 Å². The minimum atomic E-state index is -0.404. The Labute approximate surface area is 127 Å². The van der Waals surface area contributed by atoms with Crippen molar-refractivity contribution in [2.24, 2.45) is 0 Å². The molecule has 0 aromatic heterocycles. The maximum atomic E-state index is 11.3. The van der Waals surface area contributed by atoms with Crippen LogP contribution in [0.3, 0.4) is 0 Å². The molecule has 1 aromatic carbocycles. The maximum absolute atomic E-state index is 11.3. The normalized spacial score (nSPS) is 16.6. The van der Waals surface area contributed by atoms with E-state index in [2.05, 4.69) is 10.6 Å². The van der Waals surface area contributed by atoms with Crippen molar-refractivity contribution in [3.05, 3.63) is 24.3 Å². The lowest BCUT2D eigenvalue weighted by atomic mass is 9.96. The molecule has 2 rings (SSSR count). The largest absolute Gasteiger partial charge is 0.450 e. The molecular formula is C17H26N2O2. The van der Waals surface area contributed by atoms with E-state index in [0.29, 0.717) is 12.6 Å². The van der Waals surface area contributed by atoms with Gasteiger partial charge in [0.2, 0.25) is 0 Å². The predicted molar refractivity (Wildman–Crippen MR) is 86.8 cm³/mol. The molecule has 21 heavy (non-hydrogen) atoms. The minimum Gasteiger partial charge on any atom is -0.450 e. The van der Waals surface area contributed by atoms with Gasteiger partial charge in [-0.3, -0.25) is 5.32 Å². The molecule has 1 aliphatic rings. The highest BCUT2D eigenvalue weighted by Crippen LogP contribution is 2.21. The molecule has 0 aliphatic heterocycles. The zero-order chi connectivity index (χ0) is 14.9. The third-order valence-corrected chi connectivity index (χ3v) is 3.88. The molecule has 0 bridgehead atoms. The van der Waals surface area contributed by atoms with Crippen molar-refractivity contribution >= 4 is 17.5 Å². The van der Waals surface area contributed by atoms with Crippen LogP contribution in [0, 0.1) is 0 Å². The predicted octanol–water partition coefficient (Wildman–Crippen LogP) is 4.78. The van der Waals surface area contributed by atoms with Crippen LogP contribution in [0.5, 0.6) is 0 Å². The van der Waals surface area contributed by atoms with Crippen molar-refractivity contribution in [1.29, 1.82) is 0 Å². The van der Waals surface area contributed by atoms with E-state index in [1.165, 1.54) is 44.9 Å². The molecular weight excluding hydrogens is 264 g/mol. The first-order valence-electron chi connectivity index (χ1n) is 8.08. The van der Waals surface area contributed by atoms with Gasteiger partial charge in [-0.15, -0.1) is 0 Å². The number of anilines is 2. The first kappa shape index (κ1) is 15.7. The molecule has 0 unspecified atom stereocenters. The van der Waals surface area contributed by atoms with Crippen LogP contribution >= 0.6 is 0 Å². The third kappa shape index (κ3) is 5.66. The monoisotopic (exact) mass is 290 g/mol. The summed E-state index contributed by atoms with van der Waals surface area (Å²) in [5.41, 5.74) is 1.88. The Morgan fingerprint density at radius 3 is 2.24 bits per heavy atom. The molecule has 0 radical (unpaired) electrons. The van der Waals surface area contributed by atoms with E-state index in [4.69, 9.17) is 4.74 Å². The fourth-order valence-corrected chi connectivity index (χ4v) is 2.77. The Hall–Kier alpha value is -1.71. The highest BCUT2D eigenvalue weighted by Gasteiger charge is 2.11. The molecule has 0 atom stereocenters. The van der Waals surface area contributed by atoms with Crippen LogP contribution in [-0.2, 0) is 4.74 Å². The van der Waals surface area contributed by atoms with Gasteiger partial charge in [0.05, 0.1) is 6.61 Å². The maximum Gasteiger partial charge on any atom is 0.411 e. The molecule has 116 valence electrons. The van der Waals surface area contributed by atoms with Crippen LogP contribution in [0.25, 0.3) is 0 Å². The number of nitrogens with one attached hydrogen (secondary N) is 2. The molecule has 1 saturated carbocycles. The Kier molecular flexibility index (Phi) is 6.38. The summed E-state index contributed by atoms with van der Waals surface area (Å²) in [6.07, 6.45) is 8.85. The standard InChI is InChI=1S/C17H26N2O2/c1-2-21-17(20)19-16-12-10-15(11-13-16)18-14-8-6-4-3-5-7-9-14/h10-14,18H,2-9H2,1H3,(H,19,20). The summed E-state index contributed by atoms with van der Waals surface area (Å²) in [6, 6.07) is 8.42. The topological polar surface area (TPSA) is 50.4 Å². The summed E-state index contributed by atoms with van der Waals surface area (Å²) in [7, 11) is 0. The van der Waals surface area contributed by atoms with E-state index in [1.54, 1.807) is 6.92 Å². The summed E-state index contributed by atoms with van der Waals surface area (Å²) in [4.78, 5) is 11.3. The van der Waals surface area contributed by atoms with Crippen molar-refractivity contribution in [1.82, 2.24) is 0 Å². The second-order valence-electron chi connectivity index (χ2n) is 5.61. The molecule has 1 aromatic rings. The zero-order valence-electron chi connectivity index (χ0n) is 12.9. The van der Waals surface area contributed by atoms with Crippen LogP contribution < -0.4 is 10.6 Å². The van der Waals surface area contributed by atoms with E-state index in [-0.39, 0.29) is 0 Å². The lowest BCUT2D eigenvalue weighted by Crippen LogP contribution is -2.20. The third-order valence-electron chi connectivity index (χ3n) is 3.88. The van der Waals surface area contributed by atoms with E-state index in [9.17, 15) is 4.79 Å². The molecule has 1 aliphatic carbocycles. The van der Waals surface area contributed by atoms with Gasteiger partial charge in [-0.2, -0.15) is 0 Å². The number of carbonyl (C=O) groups is 1. The summed E-state index contributed by atoms with van der Waals surface area (Å²) >= 11 is 0. The SMILES string of the molecule is CCOC(=O)Nc1ccc(NC2CCCCCCC2)cc1. The van der Waals surface area contributed by atoms with Crippen molar-refractivity contribution in [2.75, 3.05) is 17.2 Å². The van der Waals surface area contributed by atoms with Crippen molar-refractivity contribution in [2.45, 2.75) is 57.9 Å². The average molecular weight is 290 g/mol. The second kappa shape index (κ2) is 8.55. The van der Waals surface area contributed by atoms with Gasteiger partial charge >= 0.3 is 6.09 Å². The molecule has 1 amide bonds. The Balaban J connectivity index is 1.84. The molecule has 0 saturated heterocycles. The van der Waals surface area contributed by atoms with E-state index in [1.807, 2.05) is 24.3 Å². The quantitative estimate of drug-likeness (QED) is 0.839. The minimum absolute atomic E-state index is 0.382.